The Balaban J connectivity index is 1.56. The predicted molar refractivity (Wildman–Crippen MR) is 87.1 cm³/mol. The number of rotatable bonds is 5. The lowest BCUT2D eigenvalue weighted by Gasteiger charge is -2.28. The Morgan fingerprint density at radius 2 is 1.75 bits per heavy atom. The second-order valence-electron chi connectivity index (χ2n) is 5.53. The Bertz CT molecular complexity index is 716. The van der Waals surface area contributed by atoms with Crippen molar-refractivity contribution in [1.82, 2.24) is 10.4 Å². The lowest BCUT2D eigenvalue weighted by Crippen LogP contribution is -2.55. The van der Waals surface area contributed by atoms with Gasteiger partial charge < -0.3 is 14.9 Å². The van der Waals surface area contributed by atoms with Gasteiger partial charge in [-0.15, -0.1) is 0 Å². The largest absolute Gasteiger partial charge is 0.489 e. The molecule has 1 N–H and O–H groups in total. The van der Waals surface area contributed by atoms with E-state index in [1.54, 1.807) is 0 Å². The zero-order valence-electron chi connectivity index (χ0n) is 13.3. The minimum Gasteiger partial charge on any atom is -0.489 e. The Morgan fingerprint density at radius 3 is 2.46 bits per heavy atom. The molecule has 1 atom stereocenters. The summed E-state index contributed by atoms with van der Waals surface area (Å²) < 4.78 is 5.72. The number of carbonyl (C=O) groups is 2. The zero-order valence-corrected chi connectivity index (χ0v) is 13.3. The molecule has 3 rings (SSSR count). The number of hydrogen-bond donors (Lipinski definition) is 1. The summed E-state index contributed by atoms with van der Waals surface area (Å²) in [5.41, 5.74) is 2.01. The molecule has 6 heteroatoms. The first-order valence-electron chi connectivity index (χ1n) is 7.63. The van der Waals surface area contributed by atoms with Crippen molar-refractivity contribution in [1.29, 1.82) is 0 Å². The molecule has 6 nitrogen and oxygen atoms in total. The van der Waals surface area contributed by atoms with Crippen LogP contribution in [-0.4, -0.2) is 30.2 Å². The molecular weight excluding hydrogens is 308 g/mol. The number of carbonyl (C=O) groups excluding carboxylic acids is 2. The third-order valence-corrected chi connectivity index (χ3v) is 3.71. The molecule has 0 spiro atoms. The van der Waals surface area contributed by atoms with Crippen LogP contribution in [0.2, 0.25) is 0 Å². The van der Waals surface area contributed by atoms with Crippen LogP contribution in [0.4, 0.5) is 4.79 Å². The van der Waals surface area contributed by atoms with Crippen molar-refractivity contribution in [2.45, 2.75) is 19.1 Å². The number of ether oxygens (including phenoxy) is 1. The maximum absolute atomic E-state index is 11.8. The Hall–Kier alpha value is -3.02. The van der Waals surface area contributed by atoms with E-state index in [0.29, 0.717) is 13.0 Å². The molecule has 2 amide bonds. The van der Waals surface area contributed by atoms with Gasteiger partial charge in [0.05, 0.1) is 7.05 Å². The van der Waals surface area contributed by atoms with Gasteiger partial charge in [-0.05, 0) is 23.3 Å². The van der Waals surface area contributed by atoms with Crippen molar-refractivity contribution in [2.75, 3.05) is 7.05 Å². The average Bonchev–Trinajstić information content (AvgIpc) is 2.60. The molecule has 2 aromatic rings. The van der Waals surface area contributed by atoms with Gasteiger partial charge in [0.2, 0.25) is 0 Å². The monoisotopic (exact) mass is 326 g/mol. The molecule has 2 aromatic carbocycles. The molecule has 0 aromatic heterocycles. The molecule has 1 saturated heterocycles. The van der Waals surface area contributed by atoms with Gasteiger partial charge in [-0.1, -0.05) is 42.5 Å². The van der Waals surface area contributed by atoms with Crippen LogP contribution in [0.1, 0.15) is 11.1 Å². The van der Waals surface area contributed by atoms with Crippen molar-refractivity contribution in [3.8, 4) is 5.75 Å². The number of amides is 2. The van der Waals surface area contributed by atoms with Crippen molar-refractivity contribution < 1.29 is 19.2 Å². The summed E-state index contributed by atoms with van der Waals surface area (Å²) in [7, 11) is 1.39. The number of urea groups is 1. The summed E-state index contributed by atoms with van der Waals surface area (Å²) >= 11 is 0. The van der Waals surface area contributed by atoms with Gasteiger partial charge >= 0.3 is 12.0 Å². The van der Waals surface area contributed by atoms with Crippen LogP contribution in [-0.2, 0) is 22.7 Å². The number of nitrogens with one attached hydrogen (secondary N) is 1. The maximum atomic E-state index is 11.8. The van der Waals surface area contributed by atoms with Crippen LogP contribution in [0, 0.1) is 0 Å². The van der Waals surface area contributed by atoms with Crippen LogP contribution in [0.5, 0.6) is 5.75 Å². The quantitative estimate of drug-likeness (QED) is 0.915. The lowest BCUT2D eigenvalue weighted by molar-refractivity contribution is -0.180. The number of nitrogens with zero attached hydrogens (tertiary/aromatic N) is 1. The highest BCUT2D eigenvalue weighted by molar-refractivity contribution is 5.87. The van der Waals surface area contributed by atoms with Crippen LogP contribution in [0.15, 0.2) is 54.6 Å². The van der Waals surface area contributed by atoms with E-state index in [4.69, 9.17) is 9.57 Å². The molecule has 1 aliphatic rings. The fourth-order valence-corrected chi connectivity index (χ4v) is 2.37. The number of benzene rings is 2. The lowest BCUT2D eigenvalue weighted by atomic mass is 10.1. The van der Waals surface area contributed by atoms with Gasteiger partial charge in [-0.3, -0.25) is 0 Å². The predicted octanol–water partition coefficient (Wildman–Crippen LogP) is 2.29. The molecule has 0 radical (unpaired) electrons. The van der Waals surface area contributed by atoms with Crippen molar-refractivity contribution in [3.05, 3.63) is 65.7 Å². The fraction of sp³-hybridized carbons (Fsp3) is 0.222. The SMILES string of the molecule is CN1OC(=O)[C@H](Cc2ccc(OCc3ccccc3)cc2)NC1=O. The molecule has 24 heavy (non-hydrogen) atoms. The second kappa shape index (κ2) is 7.04. The highest BCUT2D eigenvalue weighted by Gasteiger charge is 2.31. The minimum absolute atomic E-state index is 0.372. The van der Waals surface area contributed by atoms with Crippen LogP contribution in [0.3, 0.4) is 0 Å². The molecule has 0 saturated carbocycles. The van der Waals surface area contributed by atoms with E-state index in [-0.39, 0.29) is 0 Å². The summed E-state index contributed by atoms with van der Waals surface area (Å²) in [4.78, 5) is 28.2. The smallest absolute Gasteiger partial charge is 0.355 e. The standard InChI is InChI=1S/C18H18N2O4/c1-20-18(22)19-16(17(21)24-20)11-13-7-9-15(10-8-13)23-12-14-5-3-2-4-6-14/h2-10,16H,11-12H2,1H3,(H,19,22)/t16-/m0/s1. The van der Waals surface area contributed by atoms with Gasteiger partial charge in [0.25, 0.3) is 0 Å². The molecule has 0 bridgehead atoms. The molecular formula is C18H18N2O4. The van der Waals surface area contributed by atoms with Gasteiger partial charge in [-0.2, -0.15) is 5.06 Å². The van der Waals surface area contributed by atoms with Gasteiger partial charge in [0, 0.05) is 6.42 Å². The normalized spacial score (nSPS) is 17.2. The molecule has 124 valence electrons. The first-order chi connectivity index (χ1) is 11.6. The number of hydrogen-bond acceptors (Lipinski definition) is 4. The molecule has 0 aliphatic carbocycles. The van der Waals surface area contributed by atoms with E-state index >= 15 is 0 Å². The van der Waals surface area contributed by atoms with Crippen LogP contribution < -0.4 is 10.1 Å². The van der Waals surface area contributed by atoms with Crippen LogP contribution in [0.25, 0.3) is 0 Å². The van der Waals surface area contributed by atoms with E-state index in [2.05, 4.69) is 5.32 Å². The number of hydroxylamine groups is 2. The van der Waals surface area contributed by atoms with Gasteiger partial charge in [0.1, 0.15) is 18.4 Å². The highest BCUT2D eigenvalue weighted by atomic mass is 16.7. The summed E-state index contributed by atoms with van der Waals surface area (Å²) in [6, 6.07) is 16.2. The Morgan fingerprint density at radius 1 is 1.04 bits per heavy atom. The summed E-state index contributed by atoms with van der Waals surface area (Å²) in [5, 5.41) is 3.50. The van der Waals surface area contributed by atoms with Crippen LogP contribution >= 0.6 is 0 Å². The van der Waals surface area contributed by atoms with E-state index < -0.39 is 18.0 Å². The molecule has 1 fully saturated rings. The molecule has 0 unspecified atom stereocenters. The fourth-order valence-electron chi connectivity index (χ4n) is 2.37. The van der Waals surface area contributed by atoms with E-state index in [1.165, 1.54) is 7.05 Å². The summed E-state index contributed by atoms with van der Waals surface area (Å²) in [6.45, 7) is 0.498. The first-order valence-corrected chi connectivity index (χ1v) is 7.63. The maximum Gasteiger partial charge on any atom is 0.355 e. The first kappa shape index (κ1) is 15.9. The summed E-state index contributed by atoms with van der Waals surface area (Å²) in [6.07, 6.45) is 0.372. The Kier molecular flexibility index (Phi) is 4.65. The third kappa shape index (κ3) is 3.84. The summed E-state index contributed by atoms with van der Waals surface area (Å²) in [5.74, 6) is 0.277. The van der Waals surface area contributed by atoms with Crippen molar-refractivity contribution >= 4 is 12.0 Å². The topological polar surface area (TPSA) is 67.9 Å². The minimum atomic E-state index is -0.676. The van der Waals surface area contributed by atoms with E-state index in [0.717, 1.165) is 21.9 Å². The van der Waals surface area contributed by atoms with Crippen molar-refractivity contribution in [3.63, 3.8) is 0 Å². The van der Waals surface area contributed by atoms with E-state index in [1.807, 2.05) is 54.6 Å². The zero-order chi connectivity index (χ0) is 16.9. The van der Waals surface area contributed by atoms with Crippen molar-refractivity contribution in [2.24, 2.45) is 0 Å². The molecule has 1 heterocycles. The van der Waals surface area contributed by atoms with Gasteiger partial charge in [-0.25, -0.2) is 9.59 Å². The average molecular weight is 326 g/mol. The third-order valence-electron chi connectivity index (χ3n) is 3.71. The van der Waals surface area contributed by atoms with Gasteiger partial charge in [0.15, 0.2) is 0 Å². The van der Waals surface area contributed by atoms with E-state index in [9.17, 15) is 9.59 Å². The second-order valence-corrected chi connectivity index (χ2v) is 5.53. The highest BCUT2D eigenvalue weighted by Crippen LogP contribution is 2.16. The Labute approximate surface area is 139 Å². The molecule has 1 aliphatic heterocycles.